The van der Waals surface area contributed by atoms with Gasteiger partial charge in [0, 0.05) is 14.2 Å². The van der Waals surface area contributed by atoms with Gasteiger partial charge in [-0.1, -0.05) is 18.2 Å². The molecule has 8 nitrogen and oxygen atoms in total. The number of aryl methyl sites for hydroxylation is 1. The van der Waals surface area contributed by atoms with Gasteiger partial charge in [-0.15, -0.1) is 0 Å². The standard InChI is InChI=1S/C24H20F6N4O4/c1-32-19-18(20(35)33(22(32)36)10-11-37-2)34(13-14-6-8-15(9-7-14)23(25,26)27)21(31-19)38-17-5-3-4-16(12-17)24(28,29)30/h3-9,12H,10-11,13H2,1-2H3. The molecule has 0 saturated heterocycles. The summed E-state index contributed by atoms with van der Waals surface area (Å²) in [5.41, 5.74) is -3.32. The monoisotopic (exact) mass is 542 g/mol. The molecule has 0 spiro atoms. The van der Waals surface area contributed by atoms with E-state index in [1.165, 1.54) is 36.9 Å². The summed E-state index contributed by atoms with van der Waals surface area (Å²) in [7, 11) is 2.72. The number of halogens is 6. The molecular formula is C24H20F6N4O4. The predicted molar refractivity (Wildman–Crippen MR) is 123 cm³/mol. The molecule has 0 aliphatic carbocycles. The number of methoxy groups -OCH3 is 1. The highest BCUT2D eigenvalue weighted by molar-refractivity contribution is 5.72. The Hall–Kier alpha value is -4.07. The lowest BCUT2D eigenvalue weighted by Crippen LogP contribution is -2.40. The molecule has 14 heteroatoms. The number of benzene rings is 2. The Morgan fingerprint density at radius 2 is 1.55 bits per heavy atom. The molecule has 202 valence electrons. The minimum Gasteiger partial charge on any atom is -0.425 e. The molecule has 0 saturated carbocycles. The minimum atomic E-state index is -4.65. The molecule has 4 aromatic rings. The van der Waals surface area contributed by atoms with Crippen LogP contribution in [0.3, 0.4) is 0 Å². The Bertz CT molecular complexity index is 1580. The van der Waals surface area contributed by atoms with Crippen molar-refractivity contribution in [3.8, 4) is 11.8 Å². The molecule has 2 aromatic carbocycles. The number of hydrogen-bond acceptors (Lipinski definition) is 5. The van der Waals surface area contributed by atoms with E-state index >= 15 is 0 Å². The zero-order valence-corrected chi connectivity index (χ0v) is 19.9. The van der Waals surface area contributed by atoms with Crippen LogP contribution < -0.4 is 16.0 Å². The molecule has 0 fully saturated rings. The van der Waals surface area contributed by atoms with E-state index in [4.69, 9.17) is 9.47 Å². The van der Waals surface area contributed by atoms with Crippen LogP contribution >= 0.6 is 0 Å². The molecule has 4 rings (SSSR count). The van der Waals surface area contributed by atoms with Crippen molar-refractivity contribution in [2.24, 2.45) is 7.05 Å². The largest absolute Gasteiger partial charge is 0.425 e. The smallest absolute Gasteiger partial charge is 0.416 e. The summed E-state index contributed by atoms with van der Waals surface area (Å²) in [4.78, 5) is 30.3. The van der Waals surface area contributed by atoms with Crippen molar-refractivity contribution in [3.05, 3.63) is 86.1 Å². The molecule has 0 amide bonds. The van der Waals surface area contributed by atoms with E-state index in [2.05, 4.69) is 4.98 Å². The van der Waals surface area contributed by atoms with Gasteiger partial charge in [-0.3, -0.25) is 18.5 Å². The van der Waals surface area contributed by atoms with Crippen molar-refractivity contribution >= 4 is 11.2 Å². The maximum atomic E-state index is 13.3. The van der Waals surface area contributed by atoms with Crippen LogP contribution in [0.5, 0.6) is 11.8 Å². The summed E-state index contributed by atoms with van der Waals surface area (Å²) >= 11 is 0. The molecule has 0 unspecified atom stereocenters. The normalized spacial score (nSPS) is 12.3. The Kier molecular flexibility index (Phi) is 7.10. The van der Waals surface area contributed by atoms with Gasteiger partial charge in [0.25, 0.3) is 5.56 Å². The predicted octanol–water partition coefficient (Wildman–Crippen LogP) is 4.42. The number of hydrogen-bond donors (Lipinski definition) is 0. The highest BCUT2D eigenvalue weighted by atomic mass is 19.4. The lowest BCUT2D eigenvalue weighted by atomic mass is 10.1. The van der Waals surface area contributed by atoms with Gasteiger partial charge >= 0.3 is 24.1 Å². The third kappa shape index (κ3) is 5.30. The Balaban J connectivity index is 1.89. The number of nitrogens with zero attached hydrogens (tertiary/aromatic N) is 4. The van der Waals surface area contributed by atoms with Crippen molar-refractivity contribution < 1.29 is 35.8 Å². The fraction of sp³-hybridized carbons (Fsp3) is 0.292. The lowest BCUT2D eigenvalue weighted by Gasteiger charge is -2.13. The van der Waals surface area contributed by atoms with Crippen molar-refractivity contribution in [2.45, 2.75) is 25.4 Å². The number of fused-ring (bicyclic) bond motifs is 1. The van der Waals surface area contributed by atoms with Crippen LogP contribution in [0.2, 0.25) is 0 Å². The van der Waals surface area contributed by atoms with Crippen molar-refractivity contribution in [1.29, 1.82) is 0 Å². The molecule has 2 heterocycles. The highest BCUT2D eigenvalue weighted by Gasteiger charge is 2.32. The summed E-state index contributed by atoms with van der Waals surface area (Å²) in [6.07, 6.45) is -9.22. The topological polar surface area (TPSA) is 80.3 Å². The lowest BCUT2D eigenvalue weighted by molar-refractivity contribution is -0.138. The van der Waals surface area contributed by atoms with Gasteiger partial charge in [0.05, 0.1) is 30.8 Å². The summed E-state index contributed by atoms with van der Waals surface area (Å²) in [5, 5.41) is 0. The molecular weight excluding hydrogens is 522 g/mol. The number of ether oxygens (including phenoxy) is 2. The fourth-order valence-corrected chi connectivity index (χ4v) is 3.78. The van der Waals surface area contributed by atoms with Crippen LogP contribution in [0, 0.1) is 0 Å². The maximum Gasteiger partial charge on any atom is 0.416 e. The van der Waals surface area contributed by atoms with Crippen LogP contribution in [-0.2, 0) is 37.2 Å². The summed E-state index contributed by atoms with van der Waals surface area (Å²) < 4.78 is 92.4. The van der Waals surface area contributed by atoms with E-state index in [-0.39, 0.29) is 42.6 Å². The average Bonchev–Trinajstić information content (AvgIpc) is 3.20. The third-order valence-corrected chi connectivity index (χ3v) is 5.71. The van der Waals surface area contributed by atoms with E-state index in [0.717, 1.165) is 39.5 Å². The Labute approximate surface area is 210 Å². The number of imidazole rings is 1. The maximum absolute atomic E-state index is 13.3. The van der Waals surface area contributed by atoms with Crippen molar-refractivity contribution in [3.63, 3.8) is 0 Å². The third-order valence-electron chi connectivity index (χ3n) is 5.71. The zero-order chi connectivity index (χ0) is 27.8. The van der Waals surface area contributed by atoms with Crippen molar-refractivity contribution in [2.75, 3.05) is 13.7 Å². The molecule has 0 bridgehead atoms. The average molecular weight is 542 g/mol. The van der Waals surface area contributed by atoms with Crippen molar-refractivity contribution in [1.82, 2.24) is 18.7 Å². The van der Waals surface area contributed by atoms with Crippen LogP contribution in [0.15, 0.2) is 58.1 Å². The quantitative estimate of drug-likeness (QED) is 0.323. The van der Waals surface area contributed by atoms with Gasteiger partial charge < -0.3 is 9.47 Å². The molecule has 38 heavy (non-hydrogen) atoms. The first kappa shape index (κ1) is 27.0. The van der Waals surface area contributed by atoms with Crippen LogP contribution in [0.1, 0.15) is 16.7 Å². The SMILES string of the molecule is COCCn1c(=O)c2c(nc(Oc3cccc(C(F)(F)F)c3)n2Cc2ccc(C(F)(F)F)cc2)n(C)c1=O. The van der Waals surface area contributed by atoms with Gasteiger partial charge in [0.15, 0.2) is 11.2 Å². The second kappa shape index (κ2) is 10.0. The van der Waals surface area contributed by atoms with E-state index in [0.29, 0.717) is 5.56 Å². The van der Waals surface area contributed by atoms with Gasteiger partial charge in [0.2, 0.25) is 0 Å². The minimum absolute atomic E-state index is 0.0291. The molecule has 0 aliphatic heterocycles. The summed E-state index contributed by atoms with van der Waals surface area (Å²) in [6, 6.07) is 7.69. The second-order valence-corrected chi connectivity index (χ2v) is 8.27. The van der Waals surface area contributed by atoms with E-state index < -0.39 is 34.7 Å². The molecule has 0 radical (unpaired) electrons. The van der Waals surface area contributed by atoms with Crippen LogP contribution in [0.25, 0.3) is 11.2 Å². The first-order chi connectivity index (χ1) is 17.8. The molecule has 2 aromatic heterocycles. The highest BCUT2D eigenvalue weighted by Crippen LogP contribution is 2.33. The number of alkyl halides is 6. The summed E-state index contributed by atoms with van der Waals surface area (Å²) in [5.74, 6) is -0.256. The Morgan fingerprint density at radius 1 is 0.895 bits per heavy atom. The van der Waals surface area contributed by atoms with Crippen LogP contribution in [-0.4, -0.2) is 32.4 Å². The van der Waals surface area contributed by atoms with Crippen LogP contribution in [0.4, 0.5) is 26.3 Å². The zero-order valence-electron chi connectivity index (χ0n) is 19.9. The van der Waals surface area contributed by atoms with Gasteiger partial charge in [-0.2, -0.15) is 31.3 Å². The first-order valence-electron chi connectivity index (χ1n) is 11.0. The fourth-order valence-electron chi connectivity index (χ4n) is 3.78. The van der Waals surface area contributed by atoms with Gasteiger partial charge in [-0.05, 0) is 35.9 Å². The molecule has 0 N–H and O–H groups in total. The Morgan fingerprint density at radius 3 is 2.16 bits per heavy atom. The number of aromatic nitrogens is 4. The van der Waals surface area contributed by atoms with E-state index in [1.807, 2.05) is 0 Å². The van der Waals surface area contributed by atoms with Gasteiger partial charge in [-0.25, -0.2) is 4.79 Å². The molecule has 0 aliphatic rings. The van der Waals surface area contributed by atoms with Gasteiger partial charge in [0.1, 0.15) is 5.75 Å². The second-order valence-electron chi connectivity index (χ2n) is 8.27. The number of rotatable bonds is 7. The summed E-state index contributed by atoms with van der Waals surface area (Å²) in [6.45, 7) is -0.310. The first-order valence-corrected chi connectivity index (χ1v) is 11.0. The molecule has 0 atom stereocenters. The van der Waals surface area contributed by atoms with E-state index in [1.54, 1.807) is 0 Å². The van der Waals surface area contributed by atoms with E-state index in [9.17, 15) is 35.9 Å².